The second-order valence-corrected chi connectivity index (χ2v) is 11.5. The molecule has 0 aliphatic carbocycles. The monoisotopic (exact) mass is 560 g/mol. The summed E-state index contributed by atoms with van der Waals surface area (Å²) in [6, 6.07) is 30.7. The number of halogens is 3. The summed E-state index contributed by atoms with van der Waals surface area (Å²) in [7, 11) is -1.41. The van der Waals surface area contributed by atoms with E-state index in [0.717, 1.165) is 6.04 Å². The first-order chi connectivity index (χ1) is 14.5. The molecule has 0 aliphatic rings. The van der Waals surface area contributed by atoms with Gasteiger partial charge >= 0.3 is 21.7 Å². The summed E-state index contributed by atoms with van der Waals surface area (Å²) in [4.78, 5) is 0. The van der Waals surface area contributed by atoms with Gasteiger partial charge in [0.2, 0.25) is 0 Å². The third kappa shape index (κ3) is 6.94. The van der Waals surface area contributed by atoms with Gasteiger partial charge in [-0.25, -0.2) is 0 Å². The van der Waals surface area contributed by atoms with Gasteiger partial charge in [-0.15, -0.1) is 16.7 Å². The van der Waals surface area contributed by atoms with Gasteiger partial charge in [0.05, 0.1) is 8.80 Å². The molecule has 0 spiro atoms. The van der Waals surface area contributed by atoms with Crippen LogP contribution in [0.3, 0.4) is 0 Å². The maximum Gasteiger partial charge on any atom is 4.00 e. The maximum absolute atomic E-state index is 2.37. The molecule has 4 aromatic rings. The van der Waals surface area contributed by atoms with Gasteiger partial charge < -0.3 is 37.2 Å². The molecule has 0 bridgehead atoms. The van der Waals surface area contributed by atoms with Crippen molar-refractivity contribution in [2.24, 2.45) is 0 Å². The Labute approximate surface area is 240 Å². The molecular formula is C29H31Cl3SiTi. The van der Waals surface area contributed by atoms with Gasteiger partial charge in [-0.2, -0.15) is 11.1 Å². The van der Waals surface area contributed by atoms with Crippen LogP contribution in [-0.2, 0) is 27.8 Å². The molecule has 0 saturated carbocycles. The van der Waals surface area contributed by atoms with Gasteiger partial charge in [-0.05, 0) is 13.8 Å². The van der Waals surface area contributed by atoms with Gasteiger partial charge in [0, 0.05) is 0 Å². The van der Waals surface area contributed by atoms with Gasteiger partial charge in [0.1, 0.15) is 0 Å². The molecule has 4 rings (SSSR count). The number of aryl methyl sites for hydroxylation is 2. The minimum absolute atomic E-state index is 0. The minimum Gasteiger partial charge on any atom is -1.00 e. The maximum atomic E-state index is 2.37. The zero-order valence-corrected chi connectivity index (χ0v) is 25.4. The van der Waals surface area contributed by atoms with Crippen molar-refractivity contribution in [3.8, 4) is 11.1 Å². The molecule has 34 heavy (non-hydrogen) atoms. The van der Waals surface area contributed by atoms with E-state index in [4.69, 9.17) is 0 Å². The Bertz CT molecular complexity index is 1110. The molecule has 0 N–H and O–H groups in total. The standard InChI is InChI=1S/C29H31Si.3ClH.Ti/c1-20-11-15-26(16-12-20)30(27-17-13-21(2)14-18-27)19-28-23(4)22(3)24(5)29(28)25-9-7-6-8-10-25;;;;/h6-18,30H,19H2,1-5H3;3*1H;/q-1;;;;+4/p-3. The fourth-order valence-electron chi connectivity index (χ4n) is 4.59. The van der Waals surface area contributed by atoms with Crippen LogP contribution < -0.4 is 47.6 Å². The topological polar surface area (TPSA) is 0 Å². The van der Waals surface area contributed by atoms with Crippen LogP contribution in [-0.4, -0.2) is 8.80 Å². The molecule has 0 nitrogen and oxygen atoms in total. The average Bonchev–Trinajstić information content (AvgIpc) is 2.97. The molecule has 0 aliphatic heterocycles. The van der Waals surface area contributed by atoms with E-state index in [0.29, 0.717) is 0 Å². The van der Waals surface area contributed by atoms with E-state index in [-0.39, 0.29) is 58.9 Å². The average molecular weight is 562 g/mol. The van der Waals surface area contributed by atoms with Gasteiger partial charge in [-0.3, -0.25) is 0 Å². The summed E-state index contributed by atoms with van der Waals surface area (Å²) >= 11 is 0. The SMILES string of the molecule is Cc1ccc([SiH](C[c-]2c(C)c(C)c(C)c2-c2ccccc2)c2ccc(C)cc2)cc1.[Cl-].[Cl-].[Cl-].[Ti+4]. The molecule has 0 fully saturated rings. The molecule has 176 valence electrons. The minimum atomic E-state index is -1.41. The van der Waals surface area contributed by atoms with Crippen LogP contribution in [0, 0.1) is 34.6 Å². The van der Waals surface area contributed by atoms with Crippen molar-refractivity contribution >= 4 is 19.2 Å². The van der Waals surface area contributed by atoms with Crippen molar-refractivity contribution in [2.75, 3.05) is 0 Å². The van der Waals surface area contributed by atoms with Crippen LogP contribution in [0.15, 0.2) is 78.9 Å². The van der Waals surface area contributed by atoms with Crippen molar-refractivity contribution in [1.82, 2.24) is 0 Å². The van der Waals surface area contributed by atoms with Crippen LogP contribution in [0.2, 0.25) is 0 Å². The number of hydrogen-bond acceptors (Lipinski definition) is 0. The fraction of sp³-hybridized carbons (Fsp3) is 0.207. The fourth-order valence-corrected chi connectivity index (χ4v) is 7.68. The Morgan fingerprint density at radius 2 is 1.03 bits per heavy atom. The quantitative estimate of drug-likeness (QED) is 0.178. The van der Waals surface area contributed by atoms with E-state index in [1.54, 1.807) is 5.56 Å². The predicted molar refractivity (Wildman–Crippen MR) is 134 cm³/mol. The third-order valence-corrected chi connectivity index (χ3v) is 9.88. The molecule has 4 aromatic carbocycles. The zero-order valence-electron chi connectivity index (χ0n) is 20.4. The Hall–Kier alpha value is -1.19. The summed E-state index contributed by atoms with van der Waals surface area (Å²) in [5, 5.41) is 3.05. The normalized spacial score (nSPS) is 9.94. The van der Waals surface area contributed by atoms with E-state index < -0.39 is 8.80 Å². The zero-order chi connectivity index (χ0) is 21.3. The van der Waals surface area contributed by atoms with Gasteiger partial charge in [-0.1, -0.05) is 133 Å². The summed E-state index contributed by atoms with van der Waals surface area (Å²) < 4.78 is 0. The summed E-state index contributed by atoms with van der Waals surface area (Å²) in [5.41, 5.74) is 11.4. The molecule has 0 saturated heterocycles. The second-order valence-electron chi connectivity index (χ2n) is 8.67. The Balaban J connectivity index is 0.00000272. The van der Waals surface area contributed by atoms with Crippen LogP contribution in [0.1, 0.15) is 33.4 Å². The largest absolute Gasteiger partial charge is 4.00 e. The van der Waals surface area contributed by atoms with E-state index in [2.05, 4.69) is 113 Å². The molecular weight excluding hydrogens is 531 g/mol. The van der Waals surface area contributed by atoms with E-state index in [9.17, 15) is 0 Å². The number of benzene rings is 3. The summed E-state index contributed by atoms with van der Waals surface area (Å²) in [6.45, 7) is 11.2. The van der Waals surface area contributed by atoms with Crippen molar-refractivity contribution < 1.29 is 58.9 Å². The Morgan fingerprint density at radius 1 is 0.588 bits per heavy atom. The molecule has 0 radical (unpaired) electrons. The molecule has 0 amide bonds. The van der Waals surface area contributed by atoms with Crippen LogP contribution in [0.25, 0.3) is 11.1 Å². The van der Waals surface area contributed by atoms with Crippen LogP contribution in [0.5, 0.6) is 0 Å². The van der Waals surface area contributed by atoms with Gasteiger partial charge in [0.25, 0.3) is 0 Å². The van der Waals surface area contributed by atoms with Crippen molar-refractivity contribution in [2.45, 2.75) is 40.7 Å². The molecule has 0 unspecified atom stereocenters. The molecule has 0 heterocycles. The van der Waals surface area contributed by atoms with E-state index in [1.807, 2.05) is 0 Å². The van der Waals surface area contributed by atoms with Crippen molar-refractivity contribution in [1.29, 1.82) is 0 Å². The van der Waals surface area contributed by atoms with Crippen molar-refractivity contribution in [3.05, 3.63) is 112 Å². The summed E-state index contributed by atoms with van der Waals surface area (Å²) in [5.74, 6) is 0. The number of rotatable bonds is 5. The first-order valence-corrected chi connectivity index (χ1v) is 12.9. The van der Waals surface area contributed by atoms with Crippen LogP contribution in [0.4, 0.5) is 0 Å². The third-order valence-electron chi connectivity index (χ3n) is 6.68. The molecule has 5 heteroatoms. The first-order valence-electron chi connectivity index (χ1n) is 10.9. The van der Waals surface area contributed by atoms with E-state index >= 15 is 0 Å². The number of hydrogen-bond donors (Lipinski definition) is 0. The van der Waals surface area contributed by atoms with Gasteiger partial charge in [0.15, 0.2) is 0 Å². The van der Waals surface area contributed by atoms with Crippen molar-refractivity contribution in [3.63, 3.8) is 0 Å². The smallest absolute Gasteiger partial charge is 1.00 e. The summed E-state index contributed by atoms with van der Waals surface area (Å²) in [6.07, 6.45) is 0. The Kier molecular flexibility index (Phi) is 13.9. The second kappa shape index (κ2) is 14.4. The molecule has 0 atom stereocenters. The van der Waals surface area contributed by atoms with Crippen LogP contribution >= 0.6 is 0 Å². The predicted octanol–water partition coefficient (Wildman–Crippen LogP) is -3.25. The Morgan fingerprint density at radius 3 is 1.47 bits per heavy atom. The van der Waals surface area contributed by atoms with E-state index in [1.165, 1.54) is 49.3 Å². The first kappa shape index (κ1) is 32.8. The molecule has 0 aromatic heterocycles.